The molecular formula is C8H11AtN3+. The van der Waals surface area contributed by atoms with Crippen molar-refractivity contribution in [2.45, 2.75) is 6.54 Å². The Kier molecular flexibility index (Phi) is 3.48. The quantitative estimate of drug-likeness (QED) is 0.411. The Bertz CT molecular complexity index is 292. The van der Waals surface area contributed by atoms with Crippen LogP contribution in [0.2, 0.25) is 0 Å². The first-order valence-electron chi connectivity index (χ1n) is 3.54. The first kappa shape index (κ1) is 9.46. The molecule has 0 saturated heterocycles. The molecule has 5 N–H and O–H groups in total. The summed E-state index contributed by atoms with van der Waals surface area (Å²) in [4.78, 5) is 2.87. The van der Waals surface area contributed by atoms with Crippen LogP contribution >= 0.6 is 0 Å². The molecule has 0 aromatic heterocycles. The maximum absolute atomic E-state index is 5.27. The normalized spacial score (nSPS) is 9.42. The molecule has 0 heterocycles. The first-order chi connectivity index (χ1) is 5.68. The monoisotopic (exact) mass is 360 g/mol. The Labute approximate surface area is 86.7 Å². The van der Waals surface area contributed by atoms with E-state index in [4.69, 9.17) is 11.5 Å². The first-order valence-corrected chi connectivity index (χ1v) is 5.01. The molecule has 0 atom stereocenters. The van der Waals surface area contributed by atoms with E-state index in [1.807, 2.05) is 12.1 Å². The molecule has 0 aliphatic carbocycles. The van der Waals surface area contributed by atoms with Crippen molar-refractivity contribution >= 4 is 9.23 Å². The van der Waals surface area contributed by atoms with Crippen LogP contribution in [0.15, 0.2) is 24.3 Å². The van der Waals surface area contributed by atoms with E-state index in [0.29, 0.717) is 6.54 Å². The second-order valence-electron chi connectivity index (χ2n) is 2.44. The Morgan fingerprint density at radius 1 is 1.42 bits per heavy atom. The number of nitrogens with one attached hydrogen (secondary N) is 1. The molecule has 0 aliphatic rings. The third-order valence-electron chi connectivity index (χ3n) is 1.39. The number of benzene rings is 1. The molecule has 0 radical (unpaired) electrons. The van der Waals surface area contributed by atoms with Gasteiger partial charge < -0.3 is 0 Å². The van der Waals surface area contributed by atoms with Crippen molar-refractivity contribution in [3.63, 3.8) is 0 Å². The molecular weight excluding hydrogens is 349 g/mol. The molecule has 1 rings (SSSR count). The summed E-state index contributed by atoms with van der Waals surface area (Å²) in [6, 6.07) is 8.26. The molecule has 0 aliphatic heterocycles. The molecule has 0 saturated carbocycles. The van der Waals surface area contributed by atoms with Gasteiger partial charge in [0.15, 0.2) is 0 Å². The summed E-state index contributed by atoms with van der Waals surface area (Å²) in [6.07, 6.45) is 0. The van der Waals surface area contributed by atoms with Crippen LogP contribution in [0, 0.1) is 24.7 Å². The molecule has 0 bridgehead atoms. The van der Waals surface area contributed by atoms with Crippen LogP contribution in [-0.4, -0.2) is 5.96 Å². The number of hydrogen-bond acceptors (Lipinski definition) is 0. The summed E-state index contributed by atoms with van der Waals surface area (Å²) in [5.41, 5.74) is 11.7. The summed E-state index contributed by atoms with van der Waals surface area (Å²) in [7, 11) is 0. The summed E-state index contributed by atoms with van der Waals surface area (Å²) in [5.74, 6) is 0.265. The SMILES string of the molecule is NC(N)=[NH+]Cc1cccc([211At])c1. The maximum atomic E-state index is 5.27. The average molecular weight is 360 g/mol. The second kappa shape index (κ2) is 4.41. The number of hydrogen-bond donors (Lipinski definition) is 3. The van der Waals surface area contributed by atoms with Crippen molar-refractivity contribution in [3.05, 3.63) is 29.8 Å². The van der Waals surface area contributed by atoms with Gasteiger partial charge in [-0.1, -0.05) is 0 Å². The van der Waals surface area contributed by atoms with Gasteiger partial charge in [-0.05, 0) is 0 Å². The third-order valence-corrected chi connectivity index (χ3v) is 2.30. The molecule has 0 unspecified atom stereocenters. The van der Waals surface area contributed by atoms with Crippen molar-refractivity contribution in [3.8, 4) is 0 Å². The molecule has 0 fully saturated rings. The average Bonchev–Trinajstić information content (AvgIpc) is 2.01. The van der Waals surface area contributed by atoms with Gasteiger partial charge in [-0.2, -0.15) is 0 Å². The Morgan fingerprint density at radius 3 is 2.75 bits per heavy atom. The topological polar surface area (TPSA) is 66.0 Å². The van der Waals surface area contributed by atoms with Crippen molar-refractivity contribution in [1.29, 1.82) is 0 Å². The predicted octanol–water partition coefficient (Wildman–Crippen LogP) is -2.28. The van der Waals surface area contributed by atoms with Gasteiger partial charge in [0.2, 0.25) is 0 Å². The van der Waals surface area contributed by atoms with Crippen LogP contribution in [0.25, 0.3) is 0 Å². The summed E-state index contributed by atoms with van der Waals surface area (Å²) in [6.45, 7) is 0.693. The van der Waals surface area contributed by atoms with E-state index in [9.17, 15) is 0 Å². The Balaban J connectivity index is 2.70. The van der Waals surface area contributed by atoms with E-state index in [2.05, 4.69) is 17.1 Å². The molecule has 3 nitrogen and oxygen atoms in total. The van der Waals surface area contributed by atoms with E-state index >= 15 is 0 Å². The second-order valence-corrected chi connectivity index (χ2v) is 4.14. The minimum atomic E-state index is 0.265. The van der Waals surface area contributed by atoms with E-state index in [1.54, 1.807) is 24.7 Å². The Hall–Kier alpha value is -0.627. The Morgan fingerprint density at radius 2 is 2.17 bits per heavy atom. The van der Waals surface area contributed by atoms with Gasteiger partial charge in [-0.3, -0.25) is 0 Å². The molecule has 64 valence electrons. The number of guanidine groups is 1. The van der Waals surface area contributed by atoms with Crippen LogP contribution in [0.3, 0.4) is 0 Å². The summed E-state index contributed by atoms with van der Waals surface area (Å²) in [5, 5.41) is 0. The van der Waals surface area contributed by atoms with Gasteiger partial charge in [0.05, 0.1) is 0 Å². The van der Waals surface area contributed by atoms with Crippen LogP contribution in [0.1, 0.15) is 5.56 Å². The zero-order valence-electron chi connectivity index (χ0n) is 6.55. The molecule has 12 heavy (non-hydrogen) atoms. The van der Waals surface area contributed by atoms with E-state index in [0.717, 1.165) is 0 Å². The minimum absolute atomic E-state index is 0.265. The van der Waals surface area contributed by atoms with E-state index < -0.39 is 0 Å². The van der Waals surface area contributed by atoms with Crippen molar-refractivity contribution in [2.24, 2.45) is 11.5 Å². The molecule has 0 amide bonds. The predicted molar refractivity (Wildman–Crippen MR) is 44.1 cm³/mol. The van der Waals surface area contributed by atoms with Crippen LogP contribution < -0.4 is 19.7 Å². The van der Waals surface area contributed by atoms with Gasteiger partial charge >= 0.3 is 86.8 Å². The van der Waals surface area contributed by atoms with Crippen molar-refractivity contribution in [2.75, 3.05) is 0 Å². The van der Waals surface area contributed by atoms with Crippen molar-refractivity contribution in [1.82, 2.24) is 0 Å². The van der Waals surface area contributed by atoms with Gasteiger partial charge in [0, 0.05) is 0 Å². The molecule has 4 heteroatoms. The van der Waals surface area contributed by atoms with Gasteiger partial charge in [-0.25, -0.2) is 0 Å². The van der Waals surface area contributed by atoms with Gasteiger partial charge in [-0.15, -0.1) is 0 Å². The third kappa shape index (κ3) is 3.18. The van der Waals surface area contributed by atoms with E-state index in [1.165, 1.54) is 8.83 Å². The van der Waals surface area contributed by atoms with E-state index in [-0.39, 0.29) is 5.96 Å². The number of rotatable bonds is 2. The zero-order valence-corrected chi connectivity index (χ0v) is 9.49. The van der Waals surface area contributed by atoms with Gasteiger partial charge in [0.1, 0.15) is 0 Å². The van der Waals surface area contributed by atoms with Crippen LogP contribution in [0.4, 0.5) is 0 Å². The fraction of sp³-hybridized carbons (Fsp3) is 0.125. The van der Waals surface area contributed by atoms with Gasteiger partial charge in [0.25, 0.3) is 0 Å². The zero-order chi connectivity index (χ0) is 8.97. The standard InChI is InChI=1S/C8H10AtN3/c9-7-3-1-2-6(4-7)5-12-8(10)11/h1-4H,5H2,(H4,10,11,12)/p+1/i9+1. The fourth-order valence-electron chi connectivity index (χ4n) is 0.851. The fourth-order valence-corrected chi connectivity index (χ4v) is 1.68. The number of nitrogens with two attached hydrogens (primary N) is 2. The van der Waals surface area contributed by atoms with Crippen LogP contribution in [0.5, 0.6) is 0 Å². The van der Waals surface area contributed by atoms with Crippen LogP contribution in [-0.2, 0) is 6.54 Å². The van der Waals surface area contributed by atoms with Crippen molar-refractivity contribution < 1.29 is 29.7 Å². The molecule has 1 aromatic carbocycles. The summed E-state index contributed by atoms with van der Waals surface area (Å²) >= 11 is 1.66. The molecule has 1 aromatic rings. The summed E-state index contributed by atoms with van der Waals surface area (Å²) < 4.78 is 1.30. The molecule has 0 spiro atoms.